The van der Waals surface area contributed by atoms with E-state index in [1.807, 2.05) is 20.8 Å². The monoisotopic (exact) mass is 234 g/mol. The first-order valence-electron chi connectivity index (χ1n) is 4.68. The van der Waals surface area contributed by atoms with Crippen molar-refractivity contribution in [1.29, 1.82) is 0 Å². The first-order valence-corrected chi connectivity index (χ1v) is 4.68. The second-order valence-corrected chi connectivity index (χ2v) is 4.51. The molecule has 0 saturated carbocycles. The molecule has 0 aliphatic carbocycles. The molecule has 2 nitrogen and oxygen atoms in total. The lowest BCUT2D eigenvalue weighted by molar-refractivity contribution is -0.274. The number of ether oxygens (including phenoxy) is 1. The lowest BCUT2D eigenvalue weighted by Crippen LogP contribution is -2.18. The minimum absolute atomic E-state index is 0.244. The van der Waals surface area contributed by atoms with Crippen molar-refractivity contribution in [2.24, 2.45) is 0 Å². The van der Waals surface area contributed by atoms with Crippen molar-refractivity contribution in [3.8, 4) is 11.5 Å². The second-order valence-electron chi connectivity index (χ2n) is 4.51. The van der Waals surface area contributed by atoms with E-state index in [-0.39, 0.29) is 11.2 Å². The van der Waals surface area contributed by atoms with Gasteiger partial charge in [0.25, 0.3) is 0 Å². The third-order valence-electron chi connectivity index (χ3n) is 1.99. The summed E-state index contributed by atoms with van der Waals surface area (Å²) in [6, 6.07) is 3.62. The lowest BCUT2D eigenvalue weighted by Gasteiger charge is -2.20. The molecular weight excluding hydrogens is 221 g/mol. The third-order valence-corrected chi connectivity index (χ3v) is 1.99. The standard InChI is InChI=1S/C11H13F3O2/c1-10(2,3)7-4-8(15)6-9(5-7)16-11(12,13)14/h4-6,15H,1-3H3. The molecule has 1 rings (SSSR count). The van der Waals surface area contributed by atoms with E-state index in [0.29, 0.717) is 5.56 Å². The Bertz CT molecular complexity index is 378. The van der Waals surface area contributed by atoms with Gasteiger partial charge in [0.2, 0.25) is 0 Å². The van der Waals surface area contributed by atoms with E-state index in [9.17, 15) is 18.3 Å². The Morgan fingerprint density at radius 3 is 2.06 bits per heavy atom. The number of benzene rings is 1. The zero-order chi connectivity index (χ0) is 12.6. The summed E-state index contributed by atoms with van der Waals surface area (Å²) >= 11 is 0. The van der Waals surface area contributed by atoms with Gasteiger partial charge in [-0.3, -0.25) is 0 Å². The van der Waals surface area contributed by atoms with Crippen LogP contribution in [0.2, 0.25) is 0 Å². The van der Waals surface area contributed by atoms with E-state index >= 15 is 0 Å². The maximum absolute atomic E-state index is 12.0. The van der Waals surface area contributed by atoms with E-state index in [1.165, 1.54) is 12.1 Å². The van der Waals surface area contributed by atoms with Gasteiger partial charge in [0.15, 0.2) is 0 Å². The van der Waals surface area contributed by atoms with E-state index < -0.39 is 12.1 Å². The molecule has 0 spiro atoms. The molecule has 0 radical (unpaired) electrons. The zero-order valence-corrected chi connectivity index (χ0v) is 9.22. The molecule has 1 aromatic carbocycles. The highest BCUT2D eigenvalue weighted by Gasteiger charge is 2.31. The van der Waals surface area contributed by atoms with Crippen molar-refractivity contribution in [2.45, 2.75) is 32.5 Å². The minimum Gasteiger partial charge on any atom is -0.508 e. The fourth-order valence-electron chi connectivity index (χ4n) is 1.21. The molecule has 0 amide bonds. The molecule has 0 heterocycles. The average molecular weight is 234 g/mol. The maximum atomic E-state index is 12.0. The van der Waals surface area contributed by atoms with Gasteiger partial charge in [-0.05, 0) is 23.1 Å². The second kappa shape index (κ2) is 3.88. The highest BCUT2D eigenvalue weighted by molar-refractivity contribution is 5.40. The highest BCUT2D eigenvalue weighted by Crippen LogP contribution is 2.32. The van der Waals surface area contributed by atoms with Gasteiger partial charge in [0, 0.05) is 6.07 Å². The van der Waals surface area contributed by atoms with Crippen LogP contribution in [0.5, 0.6) is 11.5 Å². The topological polar surface area (TPSA) is 29.5 Å². The molecule has 0 atom stereocenters. The zero-order valence-electron chi connectivity index (χ0n) is 9.22. The van der Waals surface area contributed by atoms with Crippen molar-refractivity contribution in [2.75, 3.05) is 0 Å². The third kappa shape index (κ3) is 3.64. The minimum atomic E-state index is -4.75. The fraction of sp³-hybridized carbons (Fsp3) is 0.455. The van der Waals surface area contributed by atoms with Crippen molar-refractivity contribution >= 4 is 0 Å². The fourth-order valence-corrected chi connectivity index (χ4v) is 1.21. The van der Waals surface area contributed by atoms with Gasteiger partial charge in [0.1, 0.15) is 11.5 Å². The predicted octanol–water partition coefficient (Wildman–Crippen LogP) is 3.59. The average Bonchev–Trinajstić information content (AvgIpc) is 1.97. The first kappa shape index (κ1) is 12.7. The van der Waals surface area contributed by atoms with Crippen molar-refractivity contribution in [1.82, 2.24) is 0 Å². The number of aromatic hydroxyl groups is 1. The van der Waals surface area contributed by atoms with Crippen LogP contribution >= 0.6 is 0 Å². The molecule has 0 aliphatic heterocycles. The van der Waals surface area contributed by atoms with Gasteiger partial charge in [0.05, 0.1) is 0 Å². The number of hydrogen-bond donors (Lipinski definition) is 1. The van der Waals surface area contributed by atoms with Gasteiger partial charge < -0.3 is 9.84 Å². The smallest absolute Gasteiger partial charge is 0.508 e. The number of alkyl halides is 3. The van der Waals surface area contributed by atoms with Gasteiger partial charge in [-0.25, -0.2) is 0 Å². The molecule has 16 heavy (non-hydrogen) atoms. The van der Waals surface area contributed by atoms with E-state index in [4.69, 9.17) is 0 Å². The predicted molar refractivity (Wildman–Crippen MR) is 53.5 cm³/mol. The highest BCUT2D eigenvalue weighted by atomic mass is 19.4. The summed E-state index contributed by atoms with van der Waals surface area (Å²) in [4.78, 5) is 0. The van der Waals surface area contributed by atoms with Crippen molar-refractivity contribution in [3.63, 3.8) is 0 Å². The molecule has 0 bridgehead atoms. The normalized spacial score (nSPS) is 12.6. The van der Waals surface area contributed by atoms with E-state index in [0.717, 1.165) is 6.07 Å². The largest absolute Gasteiger partial charge is 0.573 e. The van der Waals surface area contributed by atoms with Crippen LogP contribution in [-0.4, -0.2) is 11.5 Å². The van der Waals surface area contributed by atoms with Crippen molar-refractivity contribution < 1.29 is 23.0 Å². The SMILES string of the molecule is CC(C)(C)c1cc(O)cc(OC(F)(F)F)c1. The number of phenolic OH excluding ortho intramolecular Hbond substituents is 1. The quantitative estimate of drug-likeness (QED) is 0.804. The Morgan fingerprint density at radius 2 is 1.62 bits per heavy atom. The van der Waals surface area contributed by atoms with Crippen LogP contribution in [0.4, 0.5) is 13.2 Å². The summed E-state index contributed by atoms with van der Waals surface area (Å²) in [7, 11) is 0. The van der Waals surface area contributed by atoms with Crippen LogP contribution < -0.4 is 4.74 Å². The van der Waals surface area contributed by atoms with Crippen LogP contribution in [-0.2, 0) is 5.41 Å². The van der Waals surface area contributed by atoms with Gasteiger partial charge >= 0.3 is 6.36 Å². The van der Waals surface area contributed by atoms with Crippen LogP contribution in [0, 0.1) is 0 Å². The summed E-state index contributed by atoms with van der Waals surface area (Å²) in [6.45, 7) is 5.50. The number of halogens is 3. The first-order chi connectivity index (χ1) is 7.08. The number of rotatable bonds is 1. The Morgan fingerprint density at radius 1 is 1.06 bits per heavy atom. The summed E-state index contributed by atoms with van der Waals surface area (Å²) < 4.78 is 39.8. The number of phenols is 1. The summed E-state index contributed by atoms with van der Waals surface area (Å²) in [6.07, 6.45) is -4.75. The molecule has 0 saturated heterocycles. The van der Waals surface area contributed by atoms with Crippen LogP contribution in [0.3, 0.4) is 0 Å². The molecule has 5 heteroatoms. The van der Waals surface area contributed by atoms with Crippen LogP contribution in [0.1, 0.15) is 26.3 Å². The molecule has 90 valence electrons. The molecule has 0 fully saturated rings. The Hall–Kier alpha value is -1.39. The Balaban J connectivity index is 3.09. The van der Waals surface area contributed by atoms with Crippen LogP contribution in [0.25, 0.3) is 0 Å². The maximum Gasteiger partial charge on any atom is 0.573 e. The molecule has 0 aromatic heterocycles. The number of hydrogen-bond acceptors (Lipinski definition) is 2. The van der Waals surface area contributed by atoms with Crippen molar-refractivity contribution in [3.05, 3.63) is 23.8 Å². The lowest BCUT2D eigenvalue weighted by atomic mass is 9.87. The molecule has 1 aromatic rings. The van der Waals surface area contributed by atoms with Gasteiger partial charge in [-0.1, -0.05) is 20.8 Å². The Kier molecular flexibility index (Phi) is 3.08. The molecule has 0 unspecified atom stereocenters. The van der Waals surface area contributed by atoms with Gasteiger partial charge in [-0.2, -0.15) is 0 Å². The Labute approximate surface area is 91.7 Å². The molecular formula is C11H13F3O2. The van der Waals surface area contributed by atoms with Gasteiger partial charge in [-0.15, -0.1) is 13.2 Å². The summed E-state index contributed by atoms with van der Waals surface area (Å²) in [5, 5.41) is 9.31. The van der Waals surface area contributed by atoms with Crippen LogP contribution in [0.15, 0.2) is 18.2 Å². The summed E-state index contributed by atoms with van der Waals surface area (Å²) in [5.41, 5.74) is 0.217. The molecule has 0 aliphatic rings. The molecule has 1 N–H and O–H groups in total. The van der Waals surface area contributed by atoms with E-state index in [2.05, 4.69) is 4.74 Å². The van der Waals surface area contributed by atoms with E-state index in [1.54, 1.807) is 0 Å². The summed E-state index contributed by atoms with van der Waals surface area (Å²) in [5.74, 6) is -0.649.